The third-order valence-electron chi connectivity index (χ3n) is 3.25. The summed E-state index contributed by atoms with van der Waals surface area (Å²) in [6.07, 6.45) is 2.72. The number of hydrogen-bond acceptors (Lipinski definition) is 6. The fraction of sp³-hybridized carbons (Fsp3) is 0.231. The molecule has 0 unspecified atom stereocenters. The lowest BCUT2D eigenvalue weighted by Gasteiger charge is -2.18. The minimum atomic E-state index is -0.448. The maximum Gasteiger partial charge on any atom is 0.294 e. The van der Waals surface area contributed by atoms with Gasteiger partial charge >= 0.3 is 0 Å². The Morgan fingerprint density at radius 1 is 1.43 bits per heavy atom. The number of aryl methyl sites for hydroxylation is 1. The first kappa shape index (κ1) is 13.5. The smallest absolute Gasteiger partial charge is 0.294 e. The molecule has 1 aromatic heterocycles. The molecule has 0 bridgehead atoms. The van der Waals surface area contributed by atoms with Crippen molar-refractivity contribution in [1.29, 1.82) is 0 Å². The van der Waals surface area contributed by atoms with E-state index in [1.54, 1.807) is 17.8 Å². The molecule has 0 aliphatic carbocycles. The molecule has 0 spiro atoms. The Hall–Kier alpha value is -2.48. The molecule has 2 N–H and O–H groups in total. The van der Waals surface area contributed by atoms with E-state index < -0.39 is 4.92 Å². The van der Waals surface area contributed by atoms with Crippen LogP contribution < -0.4 is 10.6 Å². The Morgan fingerprint density at radius 2 is 2.29 bits per heavy atom. The molecule has 1 aliphatic rings. The Labute approximate surface area is 124 Å². The van der Waals surface area contributed by atoms with Crippen LogP contribution in [0.2, 0.25) is 0 Å². The zero-order valence-electron chi connectivity index (χ0n) is 11.0. The van der Waals surface area contributed by atoms with Crippen LogP contribution in [0.15, 0.2) is 23.8 Å². The van der Waals surface area contributed by atoms with Gasteiger partial charge in [-0.3, -0.25) is 19.9 Å². The Kier molecular flexibility index (Phi) is 3.53. The summed E-state index contributed by atoms with van der Waals surface area (Å²) >= 11 is 1.49. The van der Waals surface area contributed by atoms with Gasteiger partial charge in [0.1, 0.15) is 5.69 Å². The summed E-state index contributed by atoms with van der Waals surface area (Å²) in [4.78, 5) is 27.1. The van der Waals surface area contributed by atoms with Gasteiger partial charge in [0.05, 0.1) is 22.7 Å². The number of rotatable bonds is 4. The van der Waals surface area contributed by atoms with Crippen LogP contribution in [0.25, 0.3) is 0 Å². The maximum atomic E-state index is 11.4. The predicted octanol–water partition coefficient (Wildman–Crippen LogP) is 2.55. The molecule has 0 fully saturated rings. The lowest BCUT2D eigenvalue weighted by molar-refractivity contribution is -0.383. The average Bonchev–Trinajstić information content (AvgIpc) is 2.97. The van der Waals surface area contributed by atoms with E-state index in [-0.39, 0.29) is 11.6 Å². The van der Waals surface area contributed by atoms with Gasteiger partial charge in [0.15, 0.2) is 0 Å². The van der Waals surface area contributed by atoms with Crippen molar-refractivity contribution in [2.45, 2.75) is 19.4 Å². The molecule has 0 atom stereocenters. The maximum absolute atomic E-state index is 11.4. The molecule has 21 heavy (non-hydrogen) atoms. The third-order valence-corrected chi connectivity index (χ3v) is 4.03. The number of anilines is 2. The number of benzene rings is 1. The fourth-order valence-corrected chi connectivity index (χ4v) is 2.76. The highest BCUT2D eigenvalue weighted by atomic mass is 32.1. The number of amides is 1. The predicted molar refractivity (Wildman–Crippen MR) is 79.5 cm³/mol. The molecule has 1 amide bonds. The highest BCUT2D eigenvalue weighted by Crippen LogP contribution is 2.34. The van der Waals surface area contributed by atoms with Crippen LogP contribution in [0, 0.1) is 10.1 Å². The van der Waals surface area contributed by atoms with E-state index in [0.717, 1.165) is 10.4 Å². The Balaban J connectivity index is 1.91. The van der Waals surface area contributed by atoms with Crippen molar-refractivity contribution in [2.75, 3.05) is 10.6 Å². The van der Waals surface area contributed by atoms with Gasteiger partial charge in [0.2, 0.25) is 5.91 Å². The summed E-state index contributed by atoms with van der Waals surface area (Å²) < 4.78 is 0. The van der Waals surface area contributed by atoms with Gasteiger partial charge in [0.25, 0.3) is 5.69 Å². The van der Waals surface area contributed by atoms with Crippen LogP contribution in [-0.2, 0) is 17.8 Å². The molecule has 2 aromatic rings. The van der Waals surface area contributed by atoms with Crippen molar-refractivity contribution < 1.29 is 9.72 Å². The number of carbonyl (C=O) groups excluding carboxylic acids is 1. The Morgan fingerprint density at radius 3 is 3.00 bits per heavy atom. The topological polar surface area (TPSA) is 97.2 Å². The second-order valence-corrected chi connectivity index (χ2v) is 5.62. The molecule has 8 heteroatoms. The number of aromatic nitrogens is 1. The van der Waals surface area contributed by atoms with Crippen molar-refractivity contribution in [3.8, 4) is 0 Å². The molecule has 0 radical (unpaired) electrons. The fourth-order valence-electron chi connectivity index (χ4n) is 2.22. The van der Waals surface area contributed by atoms with Gasteiger partial charge in [-0.15, -0.1) is 11.3 Å². The van der Waals surface area contributed by atoms with E-state index >= 15 is 0 Å². The summed E-state index contributed by atoms with van der Waals surface area (Å²) in [6.45, 7) is 0.483. The number of nitrogens with one attached hydrogen (secondary N) is 2. The van der Waals surface area contributed by atoms with Gasteiger partial charge < -0.3 is 10.6 Å². The highest BCUT2D eigenvalue weighted by Gasteiger charge is 2.22. The van der Waals surface area contributed by atoms with Crippen molar-refractivity contribution in [3.63, 3.8) is 0 Å². The second-order valence-electron chi connectivity index (χ2n) is 4.65. The summed E-state index contributed by atoms with van der Waals surface area (Å²) in [5.74, 6) is -0.109. The van der Waals surface area contributed by atoms with E-state index in [1.807, 2.05) is 0 Å². The summed E-state index contributed by atoms with van der Waals surface area (Å²) in [5, 5.41) is 16.9. The number of thiazole rings is 1. The van der Waals surface area contributed by atoms with E-state index in [9.17, 15) is 14.9 Å². The first-order chi connectivity index (χ1) is 10.1. The van der Waals surface area contributed by atoms with Gasteiger partial charge in [-0.2, -0.15) is 0 Å². The number of carbonyl (C=O) groups is 1. The van der Waals surface area contributed by atoms with Crippen molar-refractivity contribution in [1.82, 2.24) is 4.98 Å². The molecular formula is C13H12N4O3S. The van der Waals surface area contributed by atoms with E-state index in [1.165, 1.54) is 17.4 Å². The lowest BCUT2D eigenvalue weighted by atomic mass is 10.0. The van der Waals surface area contributed by atoms with Crippen LogP contribution in [0.4, 0.5) is 17.1 Å². The Bertz CT molecular complexity index is 700. The number of hydrogen-bond donors (Lipinski definition) is 2. The van der Waals surface area contributed by atoms with Crippen LogP contribution in [0.5, 0.6) is 0 Å². The largest absolute Gasteiger partial charge is 0.375 e. The molecule has 1 aliphatic heterocycles. The van der Waals surface area contributed by atoms with Crippen molar-refractivity contribution >= 4 is 34.3 Å². The monoisotopic (exact) mass is 304 g/mol. The number of nitro benzene ring substituents is 1. The van der Waals surface area contributed by atoms with Gasteiger partial charge in [-0.25, -0.2) is 0 Å². The van der Waals surface area contributed by atoms with Gasteiger partial charge in [-0.05, 0) is 18.1 Å². The number of nitro groups is 1. The van der Waals surface area contributed by atoms with Crippen LogP contribution in [0.1, 0.15) is 16.9 Å². The lowest BCUT2D eigenvalue weighted by Crippen LogP contribution is -2.19. The number of nitrogens with zero attached hydrogens (tertiary/aromatic N) is 2. The van der Waals surface area contributed by atoms with Gasteiger partial charge in [-0.1, -0.05) is 0 Å². The van der Waals surface area contributed by atoms with E-state index in [0.29, 0.717) is 30.8 Å². The third kappa shape index (κ3) is 2.84. The van der Waals surface area contributed by atoms with E-state index in [2.05, 4.69) is 15.6 Å². The molecular weight excluding hydrogens is 292 g/mol. The molecule has 108 valence electrons. The summed E-state index contributed by atoms with van der Waals surface area (Å²) in [7, 11) is 0. The van der Waals surface area contributed by atoms with Crippen LogP contribution >= 0.6 is 11.3 Å². The van der Waals surface area contributed by atoms with E-state index in [4.69, 9.17) is 0 Å². The molecule has 2 heterocycles. The zero-order valence-corrected chi connectivity index (χ0v) is 11.8. The van der Waals surface area contributed by atoms with Crippen LogP contribution in [-0.4, -0.2) is 15.8 Å². The van der Waals surface area contributed by atoms with Crippen molar-refractivity contribution in [2.24, 2.45) is 0 Å². The average molecular weight is 304 g/mol. The summed E-state index contributed by atoms with van der Waals surface area (Å²) in [6, 6.07) is 3.16. The van der Waals surface area contributed by atoms with Crippen molar-refractivity contribution in [3.05, 3.63) is 44.4 Å². The molecule has 0 saturated heterocycles. The molecule has 0 saturated carbocycles. The number of fused-ring (bicyclic) bond motifs is 1. The molecule has 3 rings (SSSR count). The standard InChI is InChI=1S/C13H12N4O3S/c18-13-2-1-8-3-11(15-6-9-5-14-7-21-9)12(17(19)20)4-10(8)16-13/h3-5,7,15H,1-2,6H2,(H,16,18). The first-order valence-electron chi connectivity index (χ1n) is 6.36. The highest BCUT2D eigenvalue weighted by molar-refractivity contribution is 7.09. The first-order valence-corrected chi connectivity index (χ1v) is 7.24. The zero-order chi connectivity index (χ0) is 14.8. The molecule has 7 nitrogen and oxygen atoms in total. The second kappa shape index (κ2) is 5.49. The minimum Gasteiger partial charge on any atom is -0.375 e. The molecule has 1 aromatic carbocycles. The van der Waals surface area contributed by atoms with Gasteiger partial charge in [0, 0.05) is 23.6 Å². The SMILES string of the molecule is O=C1CCc2cc(NCc3cncs3)c([N+](=O)[O-])cc2N1. The quantitative estimate of drug-likeness (QED) is 0.668. The van der Waals surface area contributed by atoms with Crippen LogP contribution in [0.3, 0.4) is 0 Å². The minimum absolute atomic E-state index is 0.0412. The normalized spacial score (nSPS) is 13.4. The summed E-state index contributed by atoms with van der Waals surface area (Å²) in [5.41, 5.74) is 3.57.